The van der Waals surface area contributed by atoms with Crippen molar-refractivity contribution in [1.29, 1.82) is 0 Å². The van der Waals surface area contributed by atoms with E-state index in [0.717, 1.165) is 16.0 Å². The molecule has 35 heavy (non-hydrogen) atoms. The van der Waals surface area contributed by atoms with Crippen LogP contribution in [-0.2, 0) is 0 Å². The van der Waals surface area contributed by atoms with Gasteiger partial charge in [0.1, 0.15) is 0 Å². The number of hydrogen-bond donors (Lipinski definition) is 0. The predicted molar refractivity (Wildman–Crippen MR) is 148 cm³/mol. The van der Waals surface area contributed by atoms with Crippen LogP contribution in [-0.4, -0.2) is 14.0 Å². The standard InChI is InChI=1S/C31H19N3S/c1-2-9-21(10-3-1)33-26-14-6-4-11-23(26)24-19-20(17-18-27(24)33)22-12-8-16-29-30(22)35-31-32-25-13-5-7-15-28(25)34(29)31/h1-19H. The second kappa shape index (κ2) is 7.05. The topological polar surface area (TPSA) is 22.2 Å². The summed E-state index contributed by atoms with van der Waals surface area (Å²) in [6.07, 6.45) is 0. The Labute approximate surface area is 205 Å². The molecule has 4 heteroatoms. The molecule has 0 unspecified atom stereocenters. The van der Waals surface area contributed by atoms with Crippen LogP contribution in [0.4, 0.5) is 0 Å². The van der Waals surface area contributed by atoms with Gasteiger partial charge in [-0.3, -0.25) is 4.40 Å². The van der Waals surface area contributed by atoms with Crippen LogP contribution < -0.4 is 0 Å². The lowest BCUT2D eigenvalue weighted by molar-refractivity contribution is 1.18. The average molecular weight is 466 g/mol. The molecular weight excluding hydrogens is 446 g/mol. The fourth-order valence-electron chi connectivity index (χ4n) is 5.43. The summed E-state index contributed by atoms with van der Waals surface area (Å²) in [5, 5.41) is 2.54. The van der Waals surface area contributed by atoms with E-state index < -0.39 is 0 Å². The maximum absolute atomic E-state index is 4.89. The second-order valence-corrected chi connectivity index (χ2v) is 9.87. The fourth-order valence-corrected chi connectivity index (χ4v) is 6.60. The Bertz CT molecular complexity index is 2060. The van der Waals surface area contributed by atoms with E-state index in [9.17, 15) is 0 Å². The number of fused-ring (bicyclic) bond motifs is 8. The number of benzene rings is 5. The van der Waals surface area contributed by atoms with Gasteiger partial charge in [-0.05, 0) is 54.1 Å². The zero-order valence-electron chi connectivity index (χ0n) is 18.7. The molecule has 0 N–H and O–H groups in total. The van der Waals surface area contributed by atoms with Gasteiger partial charge in [-0.1, -0.05) is 78.1 Å². The minimum atomic E-state index is 1.04. The molecule has 3 nitrogen and oxygen atoms in total. The van der Waals surface area contributed by atoms with E-state index in [1.54, 1.807) is 11.3 Å². The maximum Gasteiger partial charge on any atom is 0.195 e. The largest absolute Gasteiger partial charge is 0.309 e. The van der Waals surface area contributed by atoms with E-state index in [1.165, 1.54) is 48.8 Å². The molecule has 0 aliphatic carbocycles. The third kappa shape index (κ3) is 2.63. The molecule has 0 atom stereocenters. The van der Waals surface area contributed by atoms with Crippen molar-refractivity contribution in [3.05, 3.63) is 115 Å². The van der Waals surface area contributed by atoms with Crippen LogP contribution in [0.2, 0.25) is 0 Å². The van der Waals surface area contributed by atoms with Crippen LogP contribution in [0, 0.1) is 0 Å². The van der Waals surface area contributed by atoms with Crippen molar-refractivity contribution in [1.82, 2.24) is 14.0 Å². The van der Waals surface area contributed by atoms with Crippen LogP contribution in [0.15, 0.2) is 115 Å². The van der Waals surface area contributed by atoms with Crippen molar-refractivity contribution in [2.24, 2.45) is 0 Å². The molecule has 0 saturated heterocycles. The molecule has 8 aromatic rings. The number of para-hydroxylation sites is 4. The third-order valence-corrected chi connectivity index (χ3v) is 8.05. The molecular formula is C31H19N3S. The van der Waals surface area contributed by atoms with Gasteiger partial charge in [-0.15, -0.1) is 0 Å². The summed E-state index contributed by atoms with van der Waals surface area (Å²) < 4.78 is 5.92. The minimum absolute atomic E-state index is 1.04. The molecule has 3 aromatic heterocycles. The van der Waals surface area contributed by atoms with Crippen LogP contribution >= 0.6 is 11.3 Å². The van der Waals surface area contributed by atoms with Crippen molar-refractivity contribution >= 4 is 59.4 Å². The van der Waals surface area contributed by atoms with Crippen molar-refractivity contribution in [3.63, 3.8) is 0 Å². The number of thiazole rings is 1. The highest BCUT2D eigenvalue weighted by molar-refractivity contribution is 7.24. The maximum atomic E-state index is 4.89. The van der Waals surface area contributed by atoms with Gasteiger partial charge in [-0.2, -0.15) is 0 Å². The molecule has 5 aromatic carbocycles. The summed E-state index contributed by atoms with van der Waals surface area (Å²) in [5.41, 5.74) is 9.52. The second-order valence-electron chi connectivity index (χ2n) is 8.89. The van der Waals surface area contributed by atoms with Crippen LogP contribution in [0.5, 0.6) is 0 Å². The van der Waals surface area contributed by atoms with E-state index >= 15 is 0 Å². The fraction of sp³-hybridized carbons (Fsp3) is 0. The molecule has 0 spiro atoms. The van der Waals surface area contributed by atoms with Gasteiger partial charge < -0.3 is 4.57 Å². The lowest BCUT2D eigenvalue weighted by Gasteiger charge is -2.08. The zero-order valence-corrected chi connectivity index (χ0v) is 19.5. The van der Waals surface area contributed by atoms with Gasteiger partial charge in [0.2, 0.25) is 0 Å². The summed E-state index contributed by atoms with van der Waals surface area (Å²) in [4.78, 5) is 5.93. The van der Waals surface area contributed by atoms with E-state index in [2.05, 4.69) is 118 Å². The first kappa shape index (κ1) is 19.0. The molecule has 0 aliphatic rings. The highest BCUT2D eigenvalue weighted by Gasteiger charge is 2.16. The number of aromatic nitrogens is 3. The van der Waals surface area contributed by atoms with Gasteiger partial charge in [0.15, 0.2) is 4.96 Å². The first-order valence-electron chi connectivity index (χ1n) is 11.7. The van der Waals surface area contributed by atoms with Crippen LogP contribution in [0.25, 0.3) is 64.8 Å². The first-order valence-corrected chi connectivity index (χ1v) is 12.6. The van der Waals surface area contributed by atoms with E-state index in [0.29, 0.717) is 0 Å². The lowest BCUT2D eigenvalue weighted by Crippen LogP contribution is -1.92. The molecule has 0 fully saturated rings. The monoisotopic (exact) mass is 465 g/mol. The molecule has 0 amide bonds. The number of nitrogens with zero attached hydrogens (tertiary/aromatic N) is 3. The van der Waals surface area contributed by atoms with Crippen molar-refractivity contribution in [2.75, 3.05) is 0 Å². The highest BCUT2D eigenvalue weighted by atomic mass is 32.1. The van der Waals surface area contributed by atoms with E-state index in [-0.39, 0.29) is 0 Å². The van der Waals surface area contributed by atoms with Gasteiger partial charge in [0.25, 0.3) is 0 Å². The van der Waals surface area contributed by atoms with E-state index in [4.69, 9.17) is 4.98 Å². The van der Waals surface area contributed by atoms with Crippen LogP contribution in [0.1, 0.15) is 0 Å². The minimum Gasteiger partial charge on any atom is -0.309 e. The Hall–Kier alpha value is -4.41. The molecule has 164 valence electrons. The van der Waals surface area contributed by atoms with Gasteiger partial charge in [0, 0.05) is 22.0 Å². The number of rotatable bonds is 2. The van der Waals surface area contributed by atoms with Crippen molar-refractivity contribution < 1.29 is 0 Å². The Morgan fingerprint density at radius 3 is 2.23 bits per heavy atom. The quantitative estimate of drug-likeness (QED) is 0.251. The highest BCUT2D eigenvalue weighted by Crippen LogP contribution is 2.40. The molecule has 3 heterocycles. The lowest BCUT2D eigenvalue weighted by atomic mass is 10.0. The van der Waals surface area contributed by atoms with Gasteiger partial charge >= 0.3 is 0 Å². The predicted octanol–water partition coefficient (Wildman–Crippen LogP) is 8.47. The average Bonchev–Trinajstić information content (AvgIpc) is 3.56. The Morgan fingerprint density at radius 1 is 0.571 bits per heavy atom. The number of hydrogen-bond acceptors (Lipinski definition) is 2. The van der Waals surface area contributed by atoms with Crippen molar-refractivity contribution in [2.45, 2.75) is 0 Å². The molecule has 0 radical (unpaired) electrons. The van der Waals surface area contributed by atoms with Crippen molar-refractivity contribution in [3.8, 4) is 16.8 Å². The molecule has 0 aliphatic heterocycles. The summed E-state index contributed by atoms with van der Waals surface area (Å²) in [5.74, 6) is 0. The first-order chi connectivity index (χ1) is 17.4. The molecule has 8 rings (SSSR count). The zero-order chi connectivity index (χ0) is 22.9. The summed E-state index contributed by atoms with van der Waals surface area (Å²) in [6.45, 7) is 0. The summed E-state index contributed by atoms with van der Waals surface area (Å²) in [7, 11) is 0. The third-order valence-electron chi connectivity index (χ3n) is 6.96. The normalized spacial score (nSPS) is 12.0. The summed E-state index contributed by atoms with van der Waals surface area (Å²) in [6, 6.07) is 41.2. The Kier molecular flexibility index (Phi) is 3.82. The SMILES string of the molecule is c1ccc(-n2c3ccccc3c3cc(-c4cccc5c4sc4nc6ccccc6n45)ccc32)cc1. The Morgan fingerprint density at radius 2 is 1.31 bits per heavy atom. The van der Waals surface area contributed by atoms with Gasteiger partial charge in [0.05, 0.1) is 32.3 Å². The van der Waals surface area contributed by atoms with Crippen LogP contribution in [0.3, 0.4) is 0 Å². The summed E-state index contributed by atoms with van der Waals surface area (Å²) >= 11 is 1.77. The Balaban J connectivity index is 1.41. The number of imidazole rings is 1. The molecule has 0 bridgehead atoms. The van der Waals surface area contributed by atoms with Gasteiger partial charge in [-0.25, -0.2) is 4.98 Å². The van der Waals surface area contributed by atoms with E-state index in [1.807, 2.05) is 6.07 Å². The smallest absolute Gasteiger partial charge is 0.195 e. The molecule has 0 saturated carbocycles.